The van der Waals surface area contributed by atoms with E-state index in [1.54, 1.807) is 4.99 Å². The molecule has 2 heteroatoms. The van der Waals surface area contributed by atoms with Gasteiger partial charge in [-0.05, 0) is 23.4 Å². The molecule has 0 aliphatic heterocycles. The van der Waals surface area contributed by atoms with E-state index in [4.69, 9.17) is 0 Å². The van der Waals surface area contributed by atoms with Crippen LogP contribution < -0.4 is 0 Å². The Kier molecular flexibility index (Phi) is 4.62. The van der Waals surface area contributed by atoms with Gasteiger partial charge in [0.05, 0.1) is 0 Å². The lowest BCUT2D eigenvalue weighted by Crippen LogP contribution is -2.03. The van der Waals surface area contributed by atoms with Gasteiger partial charge in [-0.1, -0.05) is 29.8 Å². The molecule has 0 saturated carbocycles. The molecule has 0 aromatic rings. The molecule has 0 bridgehead atoms. The maximum Gasteiger partial charge on any atom is 0.159 e. The van der Waals surface area contributed by atoms with E-state index in [1.165, 1.54) is 0 Å². The van der Waals surface area contributed by atoms with Crippen LogP contribution in [0.1, 0.15) is 27.2 Å². The number of rotatable bonds is 3. The fraction of sp³-hybridized carbons (Fsp3) is 0.625. The molecule has 0 aliphatic rings. The van der Waals surface area contributed by atoms with E-state index in [0.29, 0.717) is 12.3 Å². The van der Waals surface area contributed by atoms with Crippen LogP contribution in [0.3, 0.4) is 0 Å². The lowest BCUT2D eigenvalue weighted by molar-refractivity contribution is -0.116. The van der Waals surface area contributed by atoms with Gasteiger partial charge >= 0.3 is 0 Å². The zero-order valence-electron chi connectivity index (χ0n) is 6.65. The molecule has 0 aromatic carbocycles. The summed E-state index contributed by atoms with van der Waals surface area (Å²) < 4.78 is 0. The minimum atomic E-state index is 0.229. The van der Waals surface area contributed by atoms with Gasteiger partial charge in [0.15, 0.2) is 5.78 Å². The predicted octanol–water partition coefficient (Wildman–Crippen LogP) is 2.90. The van der Waals surface area contributed by atoms with Gasteiger partial charge in [0.25, 0.3) is 0 Å². The van der Waals surface area contributed by atoms with Crippen molar-refractivity contribution in [2.75, 3.05) is 0 Å². The van der Waals surface area contributed by atoms with Gasteiger partial charge in [0, 0.05) is 6.42 Å². The van der Waals surface area contributed by atoms with E-state index in [1.807, 2.05) is 20.8 Å². The van der Waals surface area contributed by atoms with Crippen molar-refractivity contribution < 1.29 is 4.79 Å². The van der Waals surface area contributed by atoms with Crippen molar-refractivity contribution in [2.24, 2.45) is 5.92 Å². The van der Waals surface area contributed by atoms with Crippen LogP contribution in [0.2, 0.25) is 0 Å². The molecule has 0 fully saturated rings. The third-order valence-corrected chi connectivity index (χ3v) is 1.88. The first-order valence-corrected chi connectivity index (χ1v) is 4.29. The fourth-order valence-corrected chi connectivity index (χ4v) is 0.848. The summed E-state index contributed by atoms with van der Waals surface area (Å²) in [5.74, 6) is 0.682. The Morgan fingerprint density at radius 2 is 2.10 bits per heavy atom. The van der Waals surface area contributed by atoms with E-state index in [-0.39, 0.29) is 5.78 Å². The Bertz CT molecular complexity index is 147. The van der Waals surface area contributed by atoms with Crippen LogP contribution in [0, 0.1) is 5.92 Å². The molecule has 10 heavy (non-hydrogen) atoms. The van der Waals surface area contributed by atoms with E-state index in [2.05, 4.69) is 15.9 Å². The number of carbonyl (C=O) groups is 1. The van der Waals surface area contributed by atoms with Crippen LogP contribution in [0.15, 0.2) is 10.6 Å². The van der Waals surface area contributed by atoms with Gasteiger partial charge in [-0.15, -0.1) is 0 Å². The Labute approximate surface area is 70.6 Å². The van der Waals surface area contributed by atoms with Gasteiger partial charge < -0.3 is 0 Å². The maximum absolute atomic E-state index is 11.1. The Morgan fingerprint density at radius 1 is 1.60 bits per heavy atom. The summed E-state index contributed by atoms with van der Waals surface area (Å²) >= 11 is 3.12. The minimum Gasteiger partial charge on any atom is -0.295 e. The van der Waals surface area contributed by atoms with Gasteiger partial charge in [-0.3, -0.25) is 4.79 Å². The summed E-state index contributed by atoms with van der Waals surface area (Å²) in [4.78, 5) is 12.8. The lowest BCUT2D eigenvalue weighted by Gasteiger charge is -2.01. The maximum atomic E-state index is 11.1. The Hall–Kier alpha value is -0.110. The van der Waals surface area contributed by atoms with Crippen molar-refractivity contribution in [2.45, 2.75) is 27.2 Å². The first-order chi connectivity index (χ1) is 4.57. The molecule has 0 aliphatic carbocycles. The molecule has 0 N–H and O–H groups in total. The summed E-state index contributed by atoms with van der Waals surface area (Å²) in [5, 5.41) is 0. The molecule has 58 valence electrons. The van der Waals surface area contributed by atoms with Crippen LogP contribution in [-0.4, -0.2) is 5.78 Å². The van der Waals surface area contributed by atoms with Crippen molar-refractivity contribution in [1.82, 2.24) is 0 Å². The molecule has 1 nitrogen and oxygen atoms in total. The standard InChI is InChI=1S/C8H13BrO/c1-6(2)4-8(10)7(3)5-9/h5-6H,4H2,1-3H3/b7-5+. The second kappa shape index (κ2) is 4.67. The molecule has 0 amide bonds. The summed E-state index contributed by atoms with van der Waals surface area (Å²) in [6.07, 6.45) is 0.647. The predicted molar refractivity (Wildman–Crippen MR) is 47.1 cm³/mol. The number of allylic oxidation sites excluding steroid dienone is 1. The summed E-state index contributed by atoms with van der Waals surface area (Å²) in [5.41, 5.74) is 0.800. The summed E-state index contributed by atoms with van der Waals surface area (Å²) in [6.45, 7) is 5.90. The van der Waals surface area contributed by atoms with E-state index < -0.39 is 0 Å². The molecular weight excluding hydrogens is 192 g/mol. The Balaban J connectivity index is 3.86. The minimum absolute atomic E-state index is 0.229. The molecule has 0 heterocycles. The summed E-state index contributed by atoms with van der Waals surface area (Å²) in [6, 6.07) is 0. The van der Waals surface area contributed by atoms with Crippen LogP contribution >= 0.6 is 15.9 Å². The van der Waals surface area contributed by atoms with Gasteiger partial charge in [0.1, 0.15) is 0 Å². The van der Waals surface area contributed by atoms with Gasteiger partial charge in [-0.25, -0.2) is 0 Å². The zero-order valence-corrected chi connectivity index (χ0v) is 8.23. The van der Waals surface area contributed by atoms with E-state index in [0.717, 1.165) is 5.57 Å². The molecule has 0 radical (unpaired) electrons. The Morgan fingerprint density at radius 3 is 2.40 bits per heavy atom. The van der Waals surface area contributed by atoms with Crippen molar-refractivity contribution in [3.8, 4) is 0 Å². The molecule has 0 aromatic heterocycles. The van der Waals surface area contributed by atoms with Crippen LogP contribution in [0.25, 0.3) is 0 Å². The van der Waals surface area contributed by atoms with Gasteiger partial charge in [0.2, 0.25) is 0 Å². The number of halogens is 1. The van der Waals surface area contributed by atoms with Crippen LogP contribution in [-0.2, 0) is 4.79 Å². The topological polar surface area (TPSA) is 17.1 Å². The molecule has 0 rings (SSSR count). The molecule has 0 atom stereocenters. The average Bonchev–Trinajstić information content (AvgIpc) is 1.85. The third-order valence-electron chi connectivity index (χ3n) is 1.20. The van der Waals surface area contributed by atoms with Crippen LogP contribution in [0.5, 0.6) is 0 Å². The SMILES string of the molecule is C/C(=C\Br)C(=O)CC(C)C. The number of ketones is 1. The highest BCUT2D eigenvalue weighted by molar-refractivity contribution is 9.11. The molecule has 0 spiro atoms. The highest BCUT2D eigenvalue weighted by Gasteiger charge is 2.05. The number of hydrogen-bond acceptors (Lipinski definition) is 1. The van der Waals surface area contributed by atoms with Crippen molar-refractivity contribution in [3.63, 3.8) is 0 Å². The lowest BCUT2D eigenvalue weighted by atomic mass is 10.0. The van der Waals surface area contributed by atoms with Crippen LogP contribution in [0.4, 0.5) is 0 Å². The van der Waals surface area contributed by atoms with E-state index in [9.17, 15) is 4.79 Å². The smallest absolute Gasteiger partial charge is 0.159 e. The first-order valence-electron chi connectivity index (χ1n) is 3.38. The largest absolute Gasteiger partial charge is 0.295 e. The molecular formula is C8H13BrO. The highest BCUT2D eigenvalue weighted by Crippen LogP contribution is 2.07. The average molecular weight is 205 g/mol. The monoisotopic (exact) mass is 204 g/mol. The van der Waals surface area contributed by atoms with Crippen molar-refractivity contribution in [1.29, 1.82) is 0 Å². The molecule has 0 saturated heterocycles. The van der Waals surface area contributed by atoms with Crippen molar-refractivity contribution in [3.05, 3.63) is 10.6 Å². The second-order valence-electron chi connectivity index (χ2n) is 2.81. The number of Topliss-reactive ketones (excluding diaryl/α,β-unsaturated/α-hetero) is 1. The molecule has 0 unspecified atom stereocenters. The quantitative estimate of drug-likeness (QED) is 0.647. The van der Waals surface area contributed by atoms with Crippen molar-refractivity contribution >= 4 is 21.7 Å². The second-order valence-corrected chi connectivity index (χ2v) is 3.27. The number of carbonyl (C=O) groups excluding carboxylic acids is 1. The van der Waals surface area contributed by atoms with Gasteiger partial charge in [-0.2, -0.15) is 0 Å². The normalized spacial score (nSPS) is 12.3. The highest BCUT2D eigenvalue weighted by atomic mass is 79.9. The number of hydrogen-bond donors (Lipinski definition) is 0. The third kappa shape index (κ3) is 3.83. The first kappa shape index (κ1) is 9.89. The zero-order chi connectivity index (χ0) is 8.15. The fourth-order valence-electron chi connectivity index (χ4n) is 0.593. The summed E-state index contributed by atoms with van der Waals surface area (Å²) in [7, 11) is 0. The van der Waals surface area contributed by atoms with E-state index >= 15 is 0 Å².